The molecule has 2 aliphatic heterocycles. The lowest BCUT2D eigenvalue weighted by molar-refractivity contribution is -0.106. The summed E-state index contributed by atoms with van der Waals surface area (Å²) < 4.78 is 0. The fourth-order valence-electron chi connectivity index (χ4n) is 4.37. The van der Waals surface area contributed by atoms with Crippen LogP contribution in [-0.2, 0) is 11.2 Å². The molecule has 0 aliphatic carbocycles. The highest BCUT2D eigenvalue weighted by Gasteiger charge is 2.20. The molecular weight excluding hydrogens is 450 g/mol. The second-order valence-corrected chi connectivity index (χ2v) is 8.37. The van der Waals surface area contributed by atoms with Crippen molar-refractivity contribution in [3.63, 3.8) is 0 Å². The van der Waals surface area contributed by atoms with E-state index in [-0.39, 0.29) is 5.48 Å². The maximum absolute atomic E-state index is 8.81. The predicted molar refractivity (Wildman–Crippen MR) is 154 cm³/mol. The second kappa shape index (κ2) is 15.5. The van der Waals surface area contributed by atoms with Gasteiger partial charge in [0.2, 0.25) is 0 Å². The van der Waals surface area contributed by atoms with Crippen LogP contribution in [0.3, 0.4) is 0 Å². The van der Waals surface area contributed by atoms with E-state index in [4.69, 9.17) is 9.79 Å². The van der Waals surface area contributed by atoms with Gasteiger partial charge in [0.25, 0.3) is 0 Å². The zero-order chi connectivity index (χ0) is 25.8. The molecule has 1 aromatic carbocycles. The zero-order valence-corrected chi connectivity index (χ0v) is 22.7. The van der Waals surface area contributed by atoms with E-state index in [1.54, 1.807) is 0 Å². The number of nitrogens with one attached hydrogen (secondary N) is 2. The molecule has 2 aliphatic rings. The summed E-state index contributed by atoms with van der Waals surface area (Å²) in [7, 11) is 1.93. The smallest absolute Gasteiger partial charge is 0.155 e. The van der Waals surface area contributed by atoms with Gasteiger partial charge in [-0.25, -0.2) is 9.98 Å². The van der Waals surface area contributed by atoms with Gasteiger partial charge in [0.05, 0.1) is 0 Å². The number of nitrogens with zero attached hydrogens (tertiary/aromatic N) is 3. The summed E-state index contributed by atoms with van der Waals surface area (Å²) in [5.41, 5.74) is 6.98. The summed E-state index contributed by atoms with van der Waals surface area (Å²) in [6, 6.07) is 11.3. The van der Waals surface area contributed by atoms with Crippen molar-refractivity contribution in [3.05, 3.63) is 66.0 Å². The summed E-state index contributed by atoms with van der Waals surface area (Å²) in [5.74, 6) is 1.70. The number of piperidine rings is 1. The van der Waals surface area contributed by atoms with Gasteiger partial charge in [0, 0.05) is 55.4 Å². The van der Waals surface area contributed by atoms with Crippen LogP contribution in [0.15, 0.2) is 59.9 Å². The third-order valence-corrected chi connectivity index (χ3v) is 6.15. The normalized spacial score (nSPS) is 17.6. The fourth-order valence-corrected chi connectivity index (χ4v) is 4.37. The molecule has 0 amide bonds. The molecule has 1 atom stereocenters. The van der Waals surface area contributed by atoms with Gasteiger partial charge >= 0.3 is 0 Å². The van der Waals surface area contributed by atoms with Gasteiger partial charge in [0.1, 0.15) is 12.1 Å². The first-order chi connectivity index (χ1) is 17.0. The zero-order valence-electron chi connectivity index (χ0n) is 22.7. The summed E-state index contributed by atoms with van der Waals surface area (Å²) in [4.78, 5) is 20.6. The van der Waals surface area contributed by atoms with E-state index in [2.05, 4.69) is 71.3 Å². The average molecular weight is 494 g/mol. The summed E-state index contributed by atoms with van der Waals surface area (Å²) in [5, 5.41) is 6.67. The van der Waals surface area contributed by atoms with Crippen LogP contribution >= 0.6 is 0 Å². The van der Waals surface area contributed by atoms with E-state index >= 15 is 0 Å². The fraction of sp³-hybridized carbons (Fsp3) is 0.414. The first-order valence-corrected chi connectivity index (χ1v) is 12.6. The standard InChI is InChI=1S/C25H31N5.C2H4O.C2H6.H2O/c1-5-22(18(3)26-4)19-9-10-23-20(14-19)15-25(28-23)29-24-16-21(11-12-27-24)30-13-7-6-8-17(30)2;1-2-3;1-2;/h5,9-12,14,16-17,26H,1,6-8,13,15H2,2-4H3,(H,27,28,29);2H,1H3;1-2H3;1H2/b22-18+;;;/t17-;;;/m0.../s1. The Balaban J connectivity index is 0.00000101. The van der Waals surface area contributed by atoms with Gasteiger partial charge in [-0.1, -0.05) is 32.6 Å². The monoisotopic (exact) mass is 493 g/mol. The van der Waals surface area contributed by atoms with Crippen molar-refractivity contribution in [2.75, 3.05) is 23.8 Å². The van der Waals surface area contributed by atoms with Crippen LogP contribution in [0.1, 0.15) is 65.0 Å². The molecule has 4 rings (SSSR count). The molecule has 4 N–H and O–H groups in total. The van der Waals surface area contributed by atoms with Crippen LogP contribution < -0.4 is 15.5 Å². The van der Waals surface area contributed by atoms with E-state index < -0.39 is 0 Å². The minimum atomic E-state index is 0. The summed E-state index contributed by atoms with van der Waals surface area (Å²) in [6.07, 6.45) is 9.13. The molecule has 0 unspecified atom stereocenters. The van der Waals surface area contributed by atoms with Crippen LogP contribution in [0, 0.1) is 0 Å². The van der Waals surface area contributed by atoms with E-state index in [1.807, 2.05) is 33.2 Å². The Kier molecular flexibility index (Phi) is 13.2. The summed E-state index contributed by atoms with van der Waals surface area (Å²) in [6.45, 7) is 14.9. The van der Waals surface area contributed by atoms with E-state index in [9.17, 15) is 0 Å². The van der Waals surface area contributed by atoms with Gasteiger partial charge in [-0.2, -0.15) is 0 Å². The average Bonchev–Trinajstić information content (AvgIpc) is 3.28. The van der Waals surface area contributed by atoms with Crippen molar-refractivity contribution in [3.8, 4) is 0 Å². The number of aldehydes is 1. The second-order valence-electron chi connectivity index (χ2n) is 8.37. The number of carbonyl (C=O) groups excluding carboxylic acids is 1. The van der Waals surface area contributed by atoms with Crippen molar-refractivity contribution >= 4 is 34.9 Å². The van der Waals surface area contributed by atoms with E-state index in [0.717, 1.165) is 53.4 Å². The number of benzene rings is 1. The van der Waals surface area contributed by atoms with Crippen LogP contribution in [0.4, 0.5) is 17.2 Å². The number of hydrogen-bond donors (Lipinski definition) is 2. The van der Waals surface area contributed by atoms with Crippen LogP contribution in [0.25, 0.3) is 5.57 Å². The lowest BCUT2D eigenvalue weighted by atomic mass is 10.0. The number of allylic oxidation sites excluding steroid dienone is 3. The molecule has 0 bridgehead atoms. The molecule has 1 saturated heterocycles. The Labute approximate surface area is 216 Å². The highest BCUT2D eigenvalue weighted by molar-refractivity contribution is 6.04. The third-order valence-electron chi connectivity index (χ3n) is 6.15. The van der Waals surface area contributed by atoms with Crippen molar-refractivity contribution < 1.29 is 10.3 Å². The SMILES string of the molecule is C=C/C(=C(/C)NC)c1ccc2c(c1)CC(=Nc1cc(N3CCCC[C@@H]3C)ccn1)N2.CC.CC=O.O. The minimum Gasteiger partial charge on any atom is -0.412 e. The molecule has 2 aromatic rings. The molecule has 3 heterocycles. The highest BCUT2D eigenvalue weighted by atomic mass is 16.1. The molecule has 1 fully saturated rings. The molecular formula is C29H43N5O2. The third kappa shape index (κ3) is 7.78. The number of rotatable bonds is 5. The van der Waals surface area contributed by atoms with Crippen LogP contribution in [0.2, 0.25) is 0 Å². The van der Waals surface area contributed by atoms with Crippen molar-refractivity contribution in [1.82, 2.24) is 10.3 Å². The number of carbonyl (C=O) groups is 1. The van der Waals surface area contributed by atoms with Gasteiger partial charge in [-0.15, -0.1) is 0 Å². The first kappa shape index (κ1) is 30.6. The maximum Gasteiger partial charge on any atom is 0.155 e. The number of aliphatic imine (C=N–C) groups is 1. The first-order valence-electron chi connectivity index (χ1n) is 12.6. The van der Waals surface area contributed by atoms with Crippen molar-refractivity contribution in [2.24, 2.45) is 4.99 Å². The highest BCUT2D eigenvalue weighted by Crippen LogP contribution is 2.31. The Morgan fingerprint density at radius 1 is 1.25 bits per heavy atom. The van der Waals surface area contributed by atoms with Gasteiger partial charge in [0.15, 0.2) is 5.82 Å². The molecule has 196 valence electrons. The lowest BCUT2D eigenvalue weighted by Crippen LogP contribution is -2.37. The molecule has 7 nitrogen and oxygen atoms in total. The molecule has 0 saturated carbocycles. The minimum absolute atomic E-state index is 0. The van der Waals surface area contributed by atoms with E-state index in [1.165, 1.54) is 37.4 Å². The topological polar surface area (TPSA) is 101 Å². The Hall–Kier alpha value is -3.45. The number of hydrogen-bond acceptors (Lipinski definition) is 5. The molecule has 1 aromatic heterocycles. The summed E-state index contributed by atoms with van der Waals surface area (Å²) >= 11 is 0. The van der Waals surface area contributed by atoms with Gasteiger partial charge in [-0.3, -0.25) is 0 Å². The maximum atomic E-state index is 8.81. The number of pyridine rings is 1. The van der Waals surface area contributed by atoms with Gasteiger partial charge in [-0.05, 0) is 74.9 Å². The van der Waals surface area contributed by atoms with Crippen LogP contribution in [-0.4, -0.2) is 42.2 Å². The Morgan fingerprint density at radius 3 is 2.61 bits per heavy atom. The van der Waals surface area contributed by atoms with Crippen molar-refractivity contribution in [2.45, 2.75) is 66.3 Å². The molecule has 7 heteroatoms. The largest absolute Gasteiger partial charge is 0.412 e. The lowest BCUT2D eigenvalue weighted by Gasteiger charge is -2.35. The molecule has 0 spiro atoms. The molecule has 36 heavy (non-hydrogen) atoms. The number of fused-ring (bicyclic) bond motifs is 1. The number of amidine groups is 1. The number of aromatic nitrogens is 1. The Bertz CT molecular complexity index is 1060. The van der Waals surface area contributed by atoms with E-state index in [0.29, 0.717) is 6.04 Å². The predicted octanol–water partition coefficient (Wildman–Crippen LogP) is 5.70. The van der Waals surface area contributed by atoms with Gasteiger partial charge < -0.3 is 25.8 Å². The molecule has 0 radical (unpaired) electrons. The Morgan fingerprint density at radius 2 is 1.97 bits per heavy atom. The van der Waals surface area contributed by atoms with Crippen LogP contribution in [0.5, 0.6) is 0 Å². The van der Waals surface area contributed by atoms with Crippen molar-refractivity contribution in [1.29, 1.82) is 0 Å². The quantitative estimate of drug-likeness (QED) is 0.411. The number of anilines is 2.